The zero-order valence-corrected chi connectivity index (χ0v) is 9.82. The number of carbonyl (C=O) groups excluding carboxylic acids is 1. The lowest BCUT2D eigenvalue weighted by atomic mass is 10.3. The Hall–Kier alpha value is -1.31. The van der Waals surface area contributed by atoms with Gasteiger partial charge in [-0.2, -0.15) is 0 Å². The van der Waals surface area contributed by atoms with Gasteiger partial charge in [-0.1, -0.05) is 37.6 Å². The van der Waals surface area contributed by atoms with E-state index in [0.29, 0.717) is 12.2 Å². The van der Waals surface area contributed by atoms with Gasteiger partial charge in [0.05, 0.1) is 0 Å². The number of carbonyl (C=O) groups is 1. The molecule has 0 unspecified atom stereocenters. The van der Waals surface area contributed by atoms with E-state index in [-0.39, 0.29) is 5.97 Å². The molecule has 0 aliphatic rings. The van der Waals surface area contributed by atoms with E-state index in [1.165, 1.54) is 0 Å². The molecule has 15 heavy (non-hydrogen) atoms. The molecule has 0 atom stereocenters. The normalized spacial score (nSPS) is 12.6. The molecule has 0 aromatic carbocycles. The highest BCUT2D eigenvalue weighted by molar-refractivity contribution is 5.87. The van der Waals surface area contributed by atoms with Crippen LogP contribution in [0.5, 0.6) is 0 Å². The molecular weight excluding hydrogens is 188 g/mol. The first-order chi connectivity index (χ1) is 7.22. The second-order valence-corrected chi connectivity index (χ2v) is 3.22. The van der Waals surface area contributed by atoms with Gasteiger partial charge in [0.2, 0.25) is 0 Å². The van der Waals surface area contributed by atoms with Crippen LogP contribution in [0.3, 0.4) is 0 Å². The lowest BCUT2D eigenvalue weighted by molar-refractivity contribution is -0.137. The Morgan fingerprint density at radius 1 is 1.27 bits per heavy atom. The molecule has 0 aliphatic heterocycles. The minimum atomic E-state index is -0.250. The van der Waals surface area contributed by atoms with Crippen LogP contribution in [-0.2, 0) is 9.53 Å². The third kappa shape index (κ3) is 7.74. The van der Waals surface area contributed by atoms with E-state index >= 15 is 0 Å². The maximum Gasteiger partial charge on any atom is 0.333 e. The van der Waals surface area contributed by atoms with Gasteiger partial charge in [-0.05, 0) is 26.3 Å². The molecule has 2 heteroatoms. The van der Waals surface area contributed by atoms with Crippen molar-refractivity contribution in [3.05, 3.63) is 36.0 Å². The number of rotatable bonds is 6. The molecule has 0 aromatic heterocycles. The van der Waals surface area contributed by atoms with Gasteiger partial charge in [-0.15, -0.1) is 0 Å². The molecule has 0 aliphatic carbocycles. The van der Waals surface area contributed by atoms with Gasteiger partial charge >= 0.3 is 5.97 Å². The van der Waals surface area contributed by atoms with Gasteiger partial charge in [0.25, 0.3) is 0 Å². The van der Waals surface area contributed by atoms with Crippen LogP contribution >= 0.6 is 0 Å². The fourth-order valence-corrected chi connectivity index (χ4v) is 0.831. The maximum atomic E-state index is 11.2. The van der Waals surface area contributed by atoms with Crippen molar-refractivity contribution in [3.63, 3.8) is 0 Å². The Labute approximate surface area is 92.3 Å². The SMILES string of the molecule is C/C=C(\C)C(=O)OC/C=C/C=C/CCC. The minimum absolute atomic E-state index is 0.250. The summed E-state index contributed by atoms with van der Waals surface area (Å²) in [7, 11) is 0. The second kappa shape index (κ2) is 9.25. The molecule has 0 saturated carbocycles. The van der Waals surface area contributed by atoms with E-state index in [1.54, 1.807) is 13.0 Å². The number of ether oxygens (including phenoxy) is 1. The minimum Gasteiger partial charge on any atom is -0.458 e. The fraction of sp³-hybridized carbons (Fsp3) is 0.462. The number of unbranched alkanes of at least 4 members (excludes halogenated alkanes) is 1. The molecule has 0 saturated heterocycles. The molecule has 0 aromatic rings. The van der Waals surface area contributed by atoms with Gasteiger partial charge in [-0.25, -0.2) is 4.79 Å². The summed E-state index contributed by atoms with van der Waals surface area (Å²) in [5.41, 5.74) is 0.643. The van der Waals surface area contributed by atoms with Gasteiger partial charge in [0.15, 0.2) is 0 Å². The maximum absolute atomic E-state index is 11.2. The smallest absolute Gasteiger partial charge is 0.333 e. The quantitative estimate of drug-likeness (QED) is 0.380. The third-order valence-corrected chi connectivity index (χ3v) is 1.90. The average Bonchev–Trinajstić information content (AvgIpc) is 2.26. The summed E-state index contributed by atoms with van der Waals surface area (Å²) < 4.78 is 4.97. The monoisotopic (exact) mass is 208 g/mol. The van der Waals surface area contributed by atoms with E-state index in [0.717, 1.165) is 12.8 Å². The first-order valence-electron chi connectivity index (χ1n) is 5.34. The van der Waals surface area contributed by atoms with E-state index in [9.17, 15) is 4.79 Å². The van der Waals surface area contributed by atoms with Crippen LogP contribution in [0.1, 0.15) is 33.6 Å². The van der Waals surface area contributed by atoms with Crippen LogP contribution in [0.2, 0.25) is 0 Å². The van der Waals surface area contributed by atoms with Gasteiger partial charge in [0, 0.05) is 5.57 Å². The fourth-order valence-electron chi connectivity index (χ4n) is 0.831. The highest BCUT2D eigenvalue weighted by Gasteiger charge is 2.01. The van der Waals surface area contributed by atoms with Crippen LogP contribution in [-0.4, -0.2) is 12.6 Å². The van der Waals surface area contributed by atoms with Crippen molar-refractivity contribution in [1.29, 1.82) is 0 Å². The van der Waals surface area contributed by atoms with Crippen molar-refractivity contribution in [3.8, 4) is 0 Å². The lowest BCUT2D eigenvalue weighted by Gasteiger charge is -1.99. The molecule has 0 rings (SSSR count). The molecule has 84 valence electrons. The molecule has 0 radical (unpaired) electrons. The molecular formula is C13H20O2. The van der Waals surface area contributed by atoms with E-state index in [1.807, 2.05) is 25.2 Å². The van der Waals surface area contributed by atoms with Crippen molar-refractivity contribution < 1.29 is 9.53 Å². The topological polar surface area (TPSA) is 26.3 Å². The molecule has 0 bridgehead atoms. The molecule has 0 heterocycles. The zero-order chi connectivity index (χ0) is 11.5. The van der Waals surface area contributed by atoms with Crippen LogP contribution in [0, 0.1) is 0 Å². The average molecular weight is 208 g/mol. The van der Waals surface area contributed by atoms with Crippen molar-refractivity contribution in [2.75, 3.05) is 6.61 Å². The summed E-state index contributed by atoms with van der Waals surface area (Å²) in [6.45, 7) is 6.03. The van der Waals surface area contributed by atoms with Gasteiger partial charge in [-0.3, -0.25) is 0 Å². The molecule has 0 fully saturated rings. The Balaban J connectivity index is 3.66. The van der Waals surface area contributed by atoms with E-state index in [4.69, 9.17) is 4.74 Å². The number of esters is 1. The van der Waals surface area contributed by atoms with Crippen LogP contribution < -0.4 is 0 Å². The summed E-state index contributed by atoms with van der Waals surface area (Å²) in [4.78, 5) is 11.2. The van der Waals surface area contributed by atoms with Crippen molar-refractivity contribution in [2.24, 2.45) is 0 Å². The van der Waals surface area contributed by atoms with E-state index < -0.39 is 0 Å². The Morgan fingerprint density at radius 2 is 1.93 bits per heavy atom. The van der Waals surface area contributed by atoms with Crippen LogP contribution in [0.4, 0.5) is 0 Å². The summed E-state index contributed by atoms with van der Waals surface area (Å²) in [5, 5.41) is 0. The predicted octanol–water partition coefficient (Wildman–Crippen LogP) is 3.41. The highest BCUT2D eigenvalue weighted by Crippen LogP contribution is 1.95. The summed E-state index contributed by atoms with van der Waals surface area (Å²) >= 11 is 0. The largest absolute Gasteiger partial charge is 0.458 e. The molecule has 0 spiro atoms. The standard InChI is InChI=1S/C13H20O2/c1-4-6-7-8-9-10-11-15-13(14)12(3)5-2/h5,7-10H,4,6,11H2,1-3H3/b8-7+,10-9+,12-5+. The van der Waals surface area contributed by atoms with Crippen LogP contribution in [0.15, 0.2) is 36.0 Å². The second-order valence-electron chi connectivity index (χ2n) is 3.22. The Kier molecular flexibility index (Phi) is 8.44. The summed E-state index contributed by atoms with van der Waals surface area (Å²) in [6, 6.07) is 0. The summed E-state index contributed by atoms with van der Waals surface area (Å²) in [5.74, 6) is -0.250. The van der Waals surface area contributed by atoms with Crippen LogP contribution in [0.25, 0.3) is 0 Å². The number of hydrogen-bond donors (Lipinski definition) is 0. The van der Waals surface area contributed by atoms with Crippen molar-refractivity contribution in [2.45, 2.75) is 33.6 Å². The molecule has 0 amide bonds. The molecule has 2 nitrogen and oxygen atoms in total. The Morgan fingerprint density at radius 3 is 2.53 bits per heavy atom. The van der Waals surface area contributed by atoms with E-state index in [2.05, 4.69) is 13.0 Å². The first kappa shape index (κ1) is 13.7. The Bertz CT molecular complexity index is 260. The highest BCUT2D eigenvalue weighted by atomic mass is 16.5. The number of allylic oxidation sites excluding steroid dienone is 4. The predicted molar refractivity (Wildman–Crippen MR) is 63.6 cm³/mol. The van der Waals surface area contributed by atoms with Gasteiger partial charge < -0.3 is 4.74 Å². The first-order valence-corrected chi connectivity index (χ1v) is 5.34. The summed E-state index contributed by atoms with van der Waals surface area (Å²) in [6.07, 6.45) is 11.8. The van der Waals surface area contributed by atoms with Gasteiger partial charge in [0.1, 0.15) is 6.61 Å². The number of hydrogen-bond acceptors (Lipinski definition) is 2. The van der Waals surface area contributed by atoms with Crippen molar-refractivity contribution in [1.82, 2.24) is 0 Å². The third-order valence-electron chi connectivity index (χ3n) is 1.90. The zero-order valence-electron chi connectivity index (χ0n) is 9.82. The molecule has 0 N–H and O–H groups in total. The van der Waals surface area contributed by atoms with Crippen molar-refractivity contribution >= 4 is 5.97 Å². The lowest BCUT2D eigenvalue weighted by Crippen LogP contribution is -2.05.